The van der Waals surface area contributed by atoms with Gasteiger partial charge in [0.1, 0.15) is 12.1 Å². The van der Waals surface area contributed by atoms with Gasteiger partial charge in [-0.1, -0.05) is 35.0 Å². The second-order valence-corrected chi connectivity index (χ2v) is 7.96. The molecule has 2 heterocycles. The SMILES string of the molecule is C[C@H]1CCCN(C(=O)CN2C(=O)N[C@](C)(c3cccc(Br)c3)C2=O)C1. The largest absolute Gasteiger partial charge is 0.341 e. The zero-order chi connectivity index (χ0) is 18.2. The third kappa shape index (κ3) is 3.42. The summed E-state index contributed by atoms with van der Waals surface area (Å²) in [7, 11) is 0. The molecule has 0 spiro atoms. The van der Waals surface area contributed by atoms with E-state index in [1.165, 1.54) is 0 Å². The zero-order valence-corrected chi connectivity index (χ0v) is 16.0. The lowest BCUT2D eigenvalue weighted by Crippen LogP contribution is -2.47. The molecule has 2 fully saturated rings. The molecule has 134 valence electrons. The Kier molecular flexibility index (Phi) is 4.86. The van der Waals surface area contributed by atoms with E-state index in [0.717, 1.165) is 22.2 Å². The number of piperidine rings is 1. The number of nitrogens with one attached hydrogen (secondary N) is 1. The van der Waals surface area contributed by atoms with Crippen LogP contribution in [0.5, 0.6) is 0 Å². The number of rotatable bonds is 3. The highest BCUT2D eigenvalue weighted by Gasteiger charge is 2.49. The van der Waals surface area contributed by atoms with Crippen LogP contribution < -0.4 is 5.32 Å². The molecule has 0 bridgehead atoms. The second-order valence-electron chi connectivity index (χ2n) is 7.04. The van der Waals surface area contributed by atoms with Crippen LogP contribution in [0.3, 0.4) is 0 Å². The predicted octanol–water partition coefficient (Wildman–Crippen LogP) is 2.47. The van der Waals surface area contributed by atoms with Crippen LogP contribution in [0, 0.1) is 5.92 Å². The van der Waals surface area contributed by atoms with Crippen molar-refractivity contribution in [2.75, 3.05) is 19.6 Å². The van der Waals surface area contributed by atoms with E-state index in [1.54, 1.807) is 24.0 Å². The molecular formula is C18H22BrN3O3. The van der Waals surface area contributed by atoms with Gasteiger partial charge in [0.05, 0.1) is 0 Å². The topological polar surface area (TPSA) is 69.7 Å². The van der Waals surface area contributed by atoms with Crippen molar-refractivity contribution >= 4 is 33.8 Å². The quantitative estimate of drug-likeness (QED) is 0.782. The number of likely N-dealkylation sites (tertiary alicyclic amines) is 1. The van der Waals surface area contributed by atoms with Crippen LogP contribution in [-0.4, -0.2) is 47.3 Å². The van der Waals surface area contributed by atoms with E-state index in [1.807, 2.05) is 12.1 Å². The number of hydrogen-bond donors (Lipinski definition) is 1. The smallest absolute Gasteiger partial charge is 0.325 e. The van der Waals surface area contributed by atoms with Crippen molar-refractivity contribution < 1.29 is 14.4 Å². The van der Waals surface area contributed by atoms with Crippen molar-refractivity contribution in [2.24, 2.45) is 5.92 Å². The fourth-order valence-electron chi connectivity index (χ4n) is 3.49. The molecule has 0 aliphatic carbocycles. The van der Waals surface area contributed by atoms with Gasteiger partial charge in [0, 0.05) is 17.6 Å². The second kappa shape index (κ2) is 6.78. The standard InChI is InChI=1S/C18H22BrN3O3/c1-12-5-4-8-21(10-12)15(23)11-22-16(24)18(2,20-17(22)25)13-6-3-7-14(19)9-13/h3,6-7,9,12H,4-5,8,10-11H2,1-2H3,(H,20,25)/t12-,18+/m0/s1. The molecule has 6 nitrogen and oxygen atoms in total. The normalized spacial score (nSPS) is 26.8. The average Bonchev–Trinajstić information content (AvgIpc) is 2.79. The molecule has 1 aromatic rings. The Balaban J connectivity index is 1.76. The number of halogens is 1. The Bertz CT molecular complexity index is 723. The number of urea groups is 1. The van der Waals surface area contributed by atoms with E-state index in [-0.39, 0.29) is 12.5 Å². The summed E-state index contributed by atoms with van der Waals surface area (Å²) in [5, 5.41) is 2.74. The van der Waals surface area contributed by atoms with Crippen molar-refractivity contribution in [3.05, 3.63) is 34.3 Å². The first kappa shape index (κ1) is 17.9. The number of benzene rings is 1. The van der Waals surface area contributed by atoms with Crippen molar-refractivity contribution in [1.82, 2.24) is 15.1 Å². The Morgan fingerprint density at radius 2 is 2.16 bits per heavy atom. The van der Waals surface area contributed by atoms with E-state index in [2.05, 4.69) is 28.2 Å². The van der Waals surface area contributed by atoms with Gasteiger partial charge in [-0.3, -0.25) is 14.5 Å². The molecule has 2 aliphatic rings. The maximum Gasteiger partial charge on any atom is 0.325 e. The summed E-state index contributed by atoms with van der Waals surface area (Å²) in [5.41, 5.74) is -0.474. The van der Waals surface area contributed by atoms with Gasteiger partial charge in [0.25, 0.3) is 5.91 Å². The van der Waals surface area contributed by atoms with E-state index >= 15 is 0 Å². The van der Waals surface area contributed by atoms with Gasteiger partial charge < -0.3 is 10.2 Å². The number of carbonyl (C=O) groups is 3. The Morgan fingerprint density at radius 1 is 1.40 bits per heavy atom. The number of amides is 4. The number of nitrogens with zero attached hydrogens (tertiary/aromatic N) is 2. The third-order valence-corrected chi connectivity index (χ3v) is 5.47. The minimum Gasteiger partial charge on any atom is -0.341 e. The molecule has 0 unspecified atom stereocenters. The van der Waals surface area contributed by atoms with Crippen molar-refractivity contribution in [3.8, 4) is 0 Å². The first-order valence-corrected chi connectivity index (χ1v) is 9.28. The summed E-state index contributed by atoms with van der Waals surface area (Å²) in [6.45, 7) is 4.95. The zero-order valence-electron chi connectivity index (χ0n) is 14.4. The van der Waals surface area contributed by atoms with E-state index in [9.17, 15) is 14.4 Å². The Hall–Kier alpha value is -1.89. The van der Waals surface area contributed by atoms with Gasteiger partial charge in [-0.2, -0.15) is 0 Å². The highest BCUT2D eigenvalue weighted by molar-refractivity contribution is 9.10. The van der Waals surface area contributed by atoms with Crippen molar-refractivity contribution in [3.63, 3.8) is 0 Å². The summed E-state index contributed by atoms with van der Waals surface area (Å²) >= 11 is 3.38. The molecule has 1 N–H and O–H groups in total. The lowest BCUT2D eigenvalue weighted by Gasteiger charge is -2.31. The summed E-state index contributed by atoms with van der Waals surface area (Å²) in [6.07, 6.45) is 2.07. The van der Waals surface area contributed by atoms with Crippen LogP contribution in [0.2, 0.25) is 0 Å². The highest BCUT2D eigenvalue weighted by Crippen LogP contribution is 2.30. The minimum absolute atomic E-state index is 0.173. The molecule has 2 atom stereocenters. The van der Waals surface area contributed by atoms with Crippen LogP contribution in [-0.2, 0) is 15.1 Å². The summed E-state index contributed by atoms with van der Waals surface area (Å²) < 4.78 is 0.824. The molecule has 0 aromatic heterocycles. The van der Waals surface area contributed by atoms with Gasteiger partial charge in [0.15, 0.2) is 0 Å². The molecule has 3 rings (SSSR count). The van der Waals surface area contributed by atoms with Gasteiger partial charge in [0.2, 0.25) is 5.91 Å². The molecule has 2 aliphatic heterocycles. The van der Waals surface area contributed by atoms with Crippen LogP contribution >= 0.6 is 15.9 Å². The molecule has 2 saturated heterocycles. The number of imide groups is 1. The monoisotopic (exact) mass is 407 g/mol. The van der Waals surface area contributed by atoms with E-state index in [0.29, 0.717) is 24.6 Å². The van der Waals surface area contributed by atoms with Crippen LogP contribution in [0.1, 0.15) is 32.3 Å². The molecule has 25 heavy (non-hydrogen) atoms. The van der Waals surface area contributed by atoms with Gasteiger partial charge >= 0.3 is 6.03 Å². The number of carbonyl (C=O) groups excluding carboxylic acids is 3. The Labute approximate surface area is 155 Å². The predicted molar refractivity (Wildman–Crippen MR) is 96.7 cm³/mol. The molecule has 4 amide bonds. The van der Waals surface area contributed by atoms with Crippen LogP contribution in [0.15, 0.2) is 28.7 Å². The first-order valence-electron chi connectivity index (χ1n) is 8.49. The van der Waals surface area contributed by atoms with Gasteiger partial charge in [-0.25, -0.2) is 4.79 Å². The van der Waals surface area contributed by atoms with Crippen molar-refractivity contribution in [1.29, 1.82) is 0 Å². The molecule has 0 radical (unpaired) electrons. The highest BCUT2D eigenvalue weighted by atomic mass is 79.9. The summed E-state index contributed by atoms with van der Waals surface area (Å²) in [5.74, 6) is -0.115. The van der Waals surface area contributed by atoms with Crippen LogP contribution in [0.25, 0.3) is 0 Å². The first-order chi connectivity index (χ1) is 11.8. The average molecular weight is 408 g/mol. The van der Waals surface area contributed by atoms with E-state index in [4.69, 9.17) is 0 Å². The lowest BCUT2D eigenvalue weighted by molar-refractivity contribution is -0.139. The number of hydrogen-bond acceptors (Lipinski definition) is 3. The van der Waals surface area contributed by atoms with Crippen molar-refractivity contribution in [2.45, 2.75) is 32.2 Å². The Morgan fingerprint density at radius 3 is 2.84 bits per heavy atom. The summed E-state index contributed by atoms with van der Waals surface area (Å²) in [6, 6.07) is 6.74. The molecule has 1 aromatic carbocycles. The third-order valence-electron chi connectivity index (χ3n) is 4.98. The van der Waals surface area contributed by atoms with E-state index < -0.39 is 17.5 Å². The lowest BCUT2D eigenvalue weighted by atomic mass is 9.92. The maximum atomic E-state index is 12.9. The van der Waals surface area contributed by atoms with Crippen LogP contribution in [0.4, 0.5) is 4.79 Å². The summed E-state index contributed by atoms with van der Waals surface area (Å²) in [4.78, 5) is 40.6. The maximum absolute atomic E-state index is 12.9. The fraction of sp³-hybridized carbons (Fsp3) is 0.500. The van der Waals surface area contributed by atoms with Gasteiger partial charge in [-0.05, 0) is 43.4 Å². The van der Waals surface area contributed by atoms with Gasteiger partial charge in [-0.15, -0.1) is 0 Å². The minimum atomic E-state index is -1.16. The molecule has 7 heteroatoms. The molecule has 0 saturated carbocycles. The fourth-order valence-corrected chi connectivity index (χ4v) is 3.89. The molecular weight excluding hydrogens is 386 g/mol.